The van der Waals surface area contributed by atoms with Gasteiger partial charge in [0.15, 0.2) is 0 Å². The summed E-state index contributed by atoms with van der Waals surface area (Å²) in [4.78, 5) is 6.90. The van der Waals surface area contributed by atoms with Gasteiger partial charge in [0.05, 0.1) is 5.69 Å². The molecule has 0 saturated heterocycles. The van der Waals surface area contributed by atoms with Gasteiger partial charge in [-0.15, -0.1) is 11.3 Å². The van der Waals surface area contributed by atoms with E-state index >= 15 is 0 Å². The zero-order valence-corrected chi connectivity index (χ0v) is 10.7. The lowest BCUT2D eigenvalue weighted by Crippen LogP contribution is -1.71. The Bertz CT molecular complexity index is 471. The summed E-state index contributed by atoms with van der Waals surface area (Å²) in [6.07, 6.45) is 1.90. The Balaban J connectivity index is 2.14. The summed E-state index contributed by atoms with van der Waals surface area (Å²) in [7, 11) is 0. The second-order valence-corrected chi connectivity index (χ2v) is 5.42. The Morgan fingerprint density at radius 3 is 2.47 bits per heavy atom. The number of hydrogen-bond donors (Lipinski definition) is 0. The predicted octanol–water partition coefficient (Wildman–Crippen LogP) is 4.57. The van der Waals surface area contributed by atoms with E-state index in [1.807, 2.05) is 30.5 Å². The first-order valence-corrected chi connectivity index (χ1v) is 6.21. The highest BCUT2D eigenvalue weighted by Crippen LogP contribution is 2.18. The number of benzene rings is 1. The number of aliphatic imine (C=N–C) groups is 1. The Labute approximate surface area is 102 Å². The van der Waals surface area contributed by atoms with E-state index in [1.165, 1.54) is 9.75 Å². The molecule has 0 radical (unpaired) electrons. The summed E-state index contributed by atoms with van der Waals surface area (Å²) in [5.41, 5.74) is 0.976. The van der Waals surface area contributed by atoms with Crippen LogP contribution >= 0.6 is 27.3 Å². The maximum atomic E-state index is 4.40. The van der Waals surface area contributed by atoms with E-state index in [4.69, 9.17) is 0 Å². The van der Waals surface area contributed by atoms with Gasteiger partial charge in [-0.25, -0.2) is 0 Å². The minimum absolute atomic E-state index is 0.976. The number of halogens is 1. The molecule has 0 atom stereocenters. The molecule has 0 unspecified atom stereocenters. The Morgan fingerprint density at radius 2 is 1.87 bits per heavy atom. The van der Waals surface area contributed by atoms with Crippen LogP contribution in [0.5, 0.6) is 0 Å². The smallest absolute Gasteiger partial charge is 0.0631 e. The molecular formula is C12H10BrNS. The monoisotopic (exact) mass is 279 g/mol. The fraction of sp³-hybridized carbons (Fsp3) is 0.0833. The number of hydrogen-bond acceptors (Lipinski definition) is 2. The molecule has 2 aromatic rings. The van der Waals surface area contributed by atoms with Crippen molar-refractivity contribution in [1.29, 1.82) is 0 Å². The van der Waals surface area contributed by atoms with Crippen LogP contribution in [0, 0.1) is 6.92 Å². The molecule has 1 aromatic carbocycles. The van der Waals surface area contributed by atoms with Crippen molar-refractivity contribution >= 4 is 39.2 Å². The van der Waals surface area contributed by atoms with Crippen LogP contribution in [-0.4, -0.2) is 6.21 Å². The average molecular weight is 280 g/mol. The van der Waals surface area contributed by atoms with Gasteiger partial charge in [0.25, 0.3) is 0 Å². The molecule has 0 saturated carbocycles. The van der Waals surface area contributed by atoms with Gasteiger partial charge in [0, 0.05) is 20.4 Å². The van der Waals surface area contributed by atoms with Crippen molar-refractivity contribution in [1.82, 2.24) is 0 Å². The van der Waals surface area contributed by atoms with Crippen LogP contribution < -0.4 is 0 Å². The third-order valence-corrected chi connectivity index (χ3v) is 3.39. The van der Waals surface area contributed by atoms with Crippen LogP contribution in [0.2, 0.25) is 0 Å². The van der Waals surface area contributed by atoms with Crippen molar-refractivity contribution < 1.29 is 0 Å². The van der Waals surface area contributed by atoms with Gasteiger partial charge in [-0.2, -0.15) is 0 Å². The van der Waals surface area contributed by atoms with E-state index in [0.717, 1.165) is 10.2 Å². The van der Waals surface area contributed by atoms with Gasteiger partial charge < -0.3 is 0 Å². The van der Waals surface area contributed by atoms with E-state index < -0.39 is 0 Å². The van der Waals surface area contributed by atoms with E-state index in [0.29, 0.717) is 0 Å². The van der Waals surface area contributed by atoms with Crippen LogP contribution in [0.3, 0.4) is 0 Å². The number of aryl methyl sites for hydroxylation is 1. The quantitative estimate of drug-likeness (QED) is 0.714. The molecule has 3 heteroatoms. The number of nitrogens with zero attached hydrogens (tertiary/aromatic N) is 1. The lowest BCUT2D eigenvalue weighted by atomic mass is 10.3. The molecule has 1 heterocycles. The highest BCUT2D eigenvalue weighted by molar-refractivity contribution is 9.10. The summed E-state index contributed by atoms with van der Waals surface area (Å²) in [6.45, 7) is 2.10. The largest absolute Gasteiger partial charge is 0.255 e. The molecule has 0 fully saturated rings. The first-order valence-electron chi connectivity index (χ1n) is 4.60. The van der Waals surface area contributed by atoms with E-state index in [9.17, 15) is 0 Å². The molecule has 1 nitrogen and oxygen atoms in total. The van der Waals surface area contributed by atoms with E-state index in [-0.39, 0.29) is 0 Å². The molecule has 2 rings (SSSR count). The summed E-state index contributed by atoms with van der Waals surface area (Å²) >= 11 is 5.15. The summed E-state index contributed by atoms with van der Waals surface area (Å²) in [6, 6.07) is 12.1. The average Bonchev–Trinajstić information content (AvgIpc) is 2.64. The molecule has 0 N–H and O–H groups in total. The van der Waals surface area contributed by atoms with Gasteiger partial charge in [-0.1, -0.05) is 15.9 Å². The van der Waals surface area contributed by atoms with Crippen LogP contribution in [0.25, 0.3) is 0 Å². The van der Waals surface area contributed by atoms with E-state index in [1.54, 1.807) is 11.3 Å². The summed E-state index contributed by atoms with van der Waals surface area (Å²) < 4.78 is 1.08. The first kappa shape index (κ1) is 10.6. The molecule has 76 valence electrons. The van der Waals surface area contributed by atoms with Crippen molar-refractivity contribution in [3.8, 4) is 0 Å². The highest BCUT2D eigenvalue weighted by Gasteiger charge is 1.92. The van der Waals surface area contributed by atoms with E-state index in [2.05, 4.69) is 40.0 Å². The van der Waals surface area contributed by atoms with Crippen LogP contribution in [-0.2, 0) is 0 Å². The Kier molecular flexibility index (Phi) is 3.34. The Hall–Kier alpha value is -0.930. The molecule has 0 aliphatic heterocycles. The minimum atomic E-state index is 0.976. The molecule has 15 heavy (non-hydrogen) atoms. The maximum absolute atomic E-state index is 4.40. The first-order chi connectivity index (χ1) is 7.24. The third kappa shape index (κ3) is 3.01. The Morgan fingerprint density at radius 1 is 1.13 bits per heavy atom. The zero-order chi connectivity index (χ0) is 10.7. The van der Waals surface area contributed by atoms with Crippen molar-refractivity contribution in [3.63, 3.8) is 0 Å². The fourth-order valence-corrected chi connectivity index (χ4v) is 2.20. The minimum Gasteiger partial charge on any atom is -0.255 e. The van der Waals surface area contributed by atoms with Gasteiger partial charge in [0.2, 0.25) is 0 Å². The molecule has 0 aliphatic rings. The number of rotatable bonds is 2. The summed E-state index contributed by atoms with van der Waals surface area (Å²) in [5.74, 6) is 0. The van der Waals surface area contributed by atoms with Gasteiger partial charge in [-0.3, -0.25) is 4.99 Å². The second kappa shape index (κ2) is 4.73. The predicted molar refractivity (Wildman–Crippen MR) is 70.5 cm³/mol. The third-order valence-electron chi connectivity index (χ3n) is 1.93. The van der Waals surface area contributed by atoms with Gasteiger partial charge in [-0.05, 0) is 43.3 Å². The van der Waals surface area contributed by atoms with Crippen LogP contribution in [0.4, 0.5) is 5.69 Å². The molecular weight excluding hydrogens is 270 g/mol. The SMILES string of the molecule is Cc1ccc(C=Nc2ccc(Br)cc2)s1. The van der Waals surface area contributed by atoms with Crippen molar-refractivity contribution in [2.24, 2.45) is 4.99 Å². The highest BCUT2D eigenvalue weighted by atomic mass is 79.9. The van der Waals surface area contributed by atoms with Crippen molar-refractivity contribution in [2.45, 2.75) is 6.92 Å². The van der Waals surface area contributed by atoms with Gasteiger partial charge >= 0.3 is 0 Å². The molecule has 0 bridgehead atoms. The normalized spacial score (nSPS) is 11.1. The van der Waals surface area contributed by atoms with Crippen LogP contribution in [0.1, 0.15) is 9.75 Å². The lowest BCUT2D eigenvalue weighted by molar-refractivity contribution is 1.52. The topological polar surface area (TPSA) is 12.4 Å². The number of thiophene rings is 1. The summed E-state index contributed by atoms with van der Waals surface area (Å²) in [5, 5.41) is 0. The maximum Gasteiger partial charge on any atom is 0.0631 e. The van der Waals surface area contributed by atoms with Crippen molar-refractivity contribution in [2.75, 3.05) is 0 Å². The molecule has 0 aliphatic carbocycles. The molecule has 0 spiro atoms. The van der Waals surface area contributed by atoms with Gasteiger partial charge in [0.1, 0.15) is 0 Å². The van der Waals surface area contributed by atoms with Crippen LogP contribution in [0.15, 0.2) is 45.9 Å². The van der Waals surface area contributed by atoms with Crippen molar-refractivity contribution in [3.05, 3.63) is 50.6 Å². The molecule has 1 aromatic heterocycles. The zero-order valence-electron chi connectivity index (χ0n) is 8.27. The standard InChI is InChI=1S/C12H10BrNS/c1-9-2-7-12(15-9)8-14-11-5-3-10(13)4-6-11/h2-8H,1H3. The molecule has 0 amide bonds. The fourth-order valence-electron chi connectivity index (χ4n) is 1.19. The second-order valence-electron chi connectivity index (χ2n) is 3.18. The lowest BCUT2D eigenvalue weighted by Gasteiger charge is -1.92.